The number of carbonyl (C=O) groups excluding carboxylic acids is 1. The smallest absolute Gasteiger partial charge is 0.274 e. The summed E-state index contributed by atoms with van der Waals surface area (Å²) in [7, 11) is 0. The number of carbonyl (C=O) groups is 1. The van der Waals surface area contributed by atoms with E-state index >= 15 is 0 Å². The number of nitrogens with zero attached hydrogens (tertiary/aromatic N) is 2. The molecule has 2 aliphatic rings. The highest BCUT2D eigenvalue weighted by Crippen LogP contribution is 2.28. The van der Waals surface area contributed by atoms with Crippen molar-refractivity contribution in [2.75, 3.05) is 26.3 Å². The van der Waals surface area contributed by atoms with Gasteiger partial charge in [-0.3, -0.25) is 19.8 Å². The number of piperazine rings is 1. The van der Waals surface area contributed by atoms with Crippen LogP contribution in [0.3, 0.4) is 0 Å². The number of hydroxylamine groups is 1. The fraction of sp³-hybridized carbons (Fsp3) is 0.423. The second-order valence-electron chi connectivity index (χ2n) is 8.91. The highest BCUT2D eigenvalue weighted by molar-refractivity contribution is 5.93. The van der Waals surface area contributed by atoms with Crippen LogP contribution in [0, 0.1) is 0 Å². The SMILES string of the molecule is C[C@@H]1CN(Cc2ccc(C(=O)NO)cc2)C[C@H](C)N1Cc1ccccc1C1=CCOCC1. The molecule has 0 aromatic heterocycles. The number of hydrogen-bond acceptors (Lipinski definition) is 5. The van der Waals surface area contributed by atoms with Crippen molar-refractivity contribution in [1.82, 2.24) is 15.3 Å². The molecule has 0 unspecified atom stereocenters. The van der Waals surface area contributed by atoms with Crippen molar-refractivity contribution >= 4 is 11.5 Å². The first-order chi connectivity index (χ1) is 15.5. The minimum atomic E-state index is -0.482. The standard InChI is InChI=1S/C26H33N3O3/c1-19-15-28(17-21-7-9-23(10-8-21)26(30)27-31)16-20(2)29(19)18-24-5-3-4-6-25(24)22-11-13-32-14-12-22/h3-11,19-20,31H,12-18H2,1-2H3,(H,27,30)/t19-,20+. The molecule has 0 radical (unpaired) electrons. The van der Waals surface area contributed by atoms with Crippen molar-refractivity contribution in [3.8, 4) is 0 Å². The molecule has 170 valence electrons. The van der Waals surface area contributed by atoms with Gasteiger partial charge in [0.05, 0.1) is 13.2 Å². The van der Waals surface area contributed by atoms with E-state index in [-0.39, 0.29) is 0 Å². The molecular weight excluding hydrogens is 402 g/mol. The van der Waals surface area contributed by atoms with Gasteiger partial charge in [0.15, 0.2) is 0 Å². The van der Waals surface area contributed by atoms with E-state index in [9.17, 15) is 4.79 Å². The lowest BCUT2D eigenvalue weighted by Gasteiger charge is -2.45. The molecule has 1 fully saturated rings. The average Bonchev–Trinajstić information content (AvgIpc) is 2.82. The predicted molar refractivity (Wildman–Crippen MR) is 125 cm³/mol. The molecule has 6 heteroatoms. The predicted octanol–water partition coefficient (Wildman–Crippen LogP) is 3.70. The van der Waals surface area contributed by atoms with Gasteiger partial charge in [-0.25, -0.2) is 5.48 Å². The Morgan fingerprint density at radius 1 is 1.06 bits per heavy atom. The summed E-state index contributed by atoms with van der Waals surface area (Å²) < 4.78 is 5.51. The highest BCUT2D eigenvalue weighted by Gasteiger charge is 2.30. The molecule has 1 amide bonds. The Kier molecular flexibility index (Phi) is 7.37. The van der Waals surface area contributed by atoms with Crippen LogP contribution in [0.2, 0.25) is 0 Å². The Morgan fingerprint density at radius 2 is 1.78 bits per heavy atom. The van der Waals surface area contributed by atoms with E-state index < -0.39 is 5.91 Å². The zero-order valence-corrected chi connectivity index (χ0v) is 19.0. The molecule has 0 aliphatic carbocycles. The van der Waals surface area contributed by atoms with Crippen LogP contribution < -0.4 is 5.48 Å². The van der Waals surface area contributed by atoms with E-state index in [0.717, 1.165) is 39.2 Å². The van der Waals surface area contributed by atoms with Crippen LogP contribution in [0.25, 0.3) is 5.57 Å². The van der Waals surface area contributed by atoms with Crippen molar-refractivity contribution in [3.63, 3.8) is 0 Å². The molecule has 2 aromatic carbocycles. The van der Waals surface area contributed by atoms with Gasteiger partial charge in [-0.1, -0.05) is 42.5 Å². The maximum atomic E-state index is 11.5. The summed E-state index contributed by atoms with van der Waals surface area (Å²) in [6.45, 7) is 9.95. The van der Waals surface area contributed by atoms with Crippen LogP contribution in [-0.2, 0) is 17.8 Å². The van der Waals surface area contributed by atoms with Crippen molar-refractivity contribution in [2.24, 2.45) is 0 Å². The summed E-state index contributed by atoms with van der Waals surface area (Å²) in [6.07, 6.45) is 3.21. The highest BCUT2D eigenvalue weighted by atomic mass is 16.5. The largest absolute Gasteiger partial charge is 0.377 e. The summed E-state index contributed by atoms with van der Waals surface area (Å²) in [5.74, 6) is -0.482. The van der Waals surface area contributed by atoms with E-state index in [4.69, 9.17) is 9.94 Å². The van der Waals surface area contributed by atoms with Crippen molar-refractivity contribution in [1.29, 1.82) is 0 Å². The Hall–Kier alpha value is -2.51. The molecule has 2 aromatic rings. The fourth-order valence-electron chi connectivity index (χ4n) is 4.93. The molecular formula is C26H33N3O3. The minimum absolute atomic E-state index is 0.440. The van der Waals surface area contributed by atoms with Gasteiger partial charge in [0.25, 0.3) is 5.91 Å². The van der Waals surface area contributed by atoms with Crippen LogP contribution in [-0.4, -0.2) is 59.3 Å². The van der Waals surface area contributed by atoms with Gasteiger partial charge in [-0.15, -0.1) is 0 Å². The third-order valence-corrected chi connectivity index (χ3v) is 6.58. The molecule has 2 N–H and O–H groups in total. The lowest BCUT2D eigenvalue weighted by atomic mass is 9.95. The lowest BCUT2D eigenvalue weighted by molar-refractivity contribution is 0.0289. The molecule has 2 aliphatic heterocycles. The number of nitrogens with one attached hydrogen (secondary N) is 1. The first-order valence-corrected chi connectivity index (χ1v) is 11.4. The molecule has 0 spiro atoms. The molecule has 2 atom stereocenters. The van der Waals surface area contributed by atoms with E-state index in [1.165, 1.54) is 22.3 Å². The second kappa shape index (κ2) is 10.4. The zero-order chi connectivity index (χ0) is 22.5. The quantitative estimate of drug-likeness (QED) is 0.535. The average molecular weight is 436 g/mol. The third kappa shape index (κ3) is 5.27. The number of benzene rings is 2. The Labute approximate surface area is 190 Å². The maximum Gasteiger partial charge on any atom is 0.274 e. The number of ether oxygens (including phenoxy) is 1. The van der Waals surface area contributed by atoms with Gasteiger partial charge < -0.3 is 4.74 Å². The summed E-state index contributed by atoms with van der Waals surface area (Å²) >= 11 is 0. The topological polar surface area (TPSA) is 65.0 Å². The van der Waals surface area contributed by atoms with Gasteiger partial charge in [-0.2, -0.15) is 0 Å². The lowest BCUT2D eigenvalue weighted by Crippen LogP contribution is -2.55. The van der Waals surface area contributed by atoms with Crippen molar-refractivity contribution in [2.45, 2.75) is 45.4 Å². The van der Waals surface area contributed by atoms with Crippen LogP contribution >= 0.6 is 0 Å². The molecule has 32 heavy (non-hydrogen) atoms. The third-order valence-electron chi connectivity index (χ3n) is 6.58. The summed E-state index contributed by atoms with van der Waals surface area (Å²) in [5.41, 5.74) is 7.47. The van der Waals surface area contributed by atoms with Crippen LogP contribution in [0.15, 0.2) is 54.6 Å². The monoisotopic (exact) mass is 435 g/mol. The molecule has 4 rings (SSSR count). The first kappa shape index (κ1) is 22.7. The summed E-state index contributed by atoms with van der Waals surface area (Å²) in [5, 5.41) is 8.78. The van der Waals surface area contributed by atoms with Gasteiger partial charge in [0, 0.05) is 43.8 Å². The summed E-state index contributed by atoms with van der Waals surface area (Å²) in [4.78, 5) is 16.6. The second-order valence-corrected chi connectivity index (χ2v) is 8.91. The van der Waals surface area contributed by atoms with E-state index in [1.807, 2.05) is 12.1 Å². The zero-order valence-electron chi connectivity index (χ0n) is 19.0. The Bertz CT molecular complexity index is 945. The van der Waals surface area contributed by atoms with Crippen molar-refractivity contribution < 1.29 is 14.7 Å². The molecule has 0 saturated carbocycles. The fourth-order valence-corrected chi connectivity index (χ4v) is 4.93. The molecule has 2 heterocycles. The first-order valence-electron chi connectivity index (χ1n) is 11.4. The van der Waals surface area contributed by atoms with Gasteiger partial charge in [0.1, 0.15) is 0 Å². The van der Waals surface area contributed by atoms with Gasteiger partial charge in [0.2, 0.25) is 0 Å². The minimum Gasteiger partial charge on any atom is -0.377 e. The Balaban J connectivity index is 1.41. The van der Waals surface area contributed by atoms with Gasteiger partial charge in [-0.05, 0) is 54.7 Å². The maximum absolute atomic E-state index is 11.5. The van der Waals surface area contributed by atoms with E-state index in [0.29, 0.717) is 24.3 Å². The molecule has 0 bridgehead atoms. The molecule has 6 nitrogen and oxygen atoms in total. The van der Waals surface area contributed by atoms with Gasteiger partial charge >= 0.3 is 0 Å². The summed E-state index contributed by atoms with van der Waals surface area (Å²) in [6, 6.07) is 17.1. The number of rotatable bonds is 6. The van der Waals surface area contributed by atoms with Crippen LogP contribution in [0.4, 0.5) is 0 Å². The number of amides is 1. The van der Waals surface area contributed by atoms with E-state index in [1.54, 1.807) is 17.6 Å². The van der Waals surface area contributed by atoms with Crippen LogP contribution in [0.1, 0.15) is 47.3 Å². The van der Waals surface area contributed by atoms with E-state index in [2.05, 4.69) is 54.0 Å². The molecule has 1 saturated heterocycles. The Morgan fingerprint density at radius 3 is 2.44 bits per heavy atom. The normalized spacial score (nSPS) is 22.4. The van der Waals surface area contributed by atoms with Crippen LogP contribution in [0.5, 0.6) is 0 Å². The van der Waals surface area contributed by atoms with Crippen molar-refractivity contribution in [3.05, 3.63) is 76.9 Å². The number of hydrogen-bond donors (Lipinski definition) is 2.